The van der Waals surface area contributed by atoms with Gasteiger partial charge in [-0.1, -0.05) is 36.4 Å². The molecule has 0 bridgehead atoms. The fourth-order valence-electron chi connectivity index (χ4n) is 3.31. The molecule has 0 aliphatic carbocycles. The molecule has 8 heteroatoms. The summed E-state index contributed by atoms with van der Waals surface area (Å²) in [5.41, 5.74) is 6.30. The maximum atomic E-state index is 12.6. The van der Waals surface area contributed by atoms with Crippen LogP contribution < -0.4 is 15.8 Å². The number of nitrogens with zero attached hydrogens (tertiary/aromatic N) is 3. The first-order valence-corrected chi connectivity index (χ1v) is 10.1. The average molecular weight is 393 g/mol. The van der Waals surface area contributed by atoms with Crippen molar-refractivity contribution < 1.29 is 9.59 Å². The van der Waals surface area contributed by atoms with Crippen molar-refractivity contribution in [1.82, 2.24) is 15.4 Å². The van der Waals surface area contributed by atoms with E-state index in [4.69, 9.17) is 0 Å². The van der Waals surface area contributed by atoms with E-state index < -0.39 is 5.92 Å². The lowest BCUT2D eigenvalue weighted by Crippen LogP contribution is -2.36. The Kier molecular flexibility index (Phi) is 5.12. The van der Waals surface area contributed by atoms with Gasteiger partial charge in [-0.25, -0.2) is 9.97 Å². The lowest BCUT2D eigenvalue weighted by atomic mass is 10.1. The van der Waals surface area contributed by atoms with Gasteiger partial charge in [-0.15, -0.1) is 11.8 Å². The zero-order chi connectivity index (χ0) is 19.5. The number of carbonyl (C=O) groups excluding carboxylic acids is 2. The standard InChI is InChI=1S/C20H19N5O2S/c1-28-18-10-17(21-12-22-18)23-24-20(27)14-9-19(26)25(11-14)16-8-4-6-13-5-2-3-7-15(13)16/h2-8,10,12,14H,9,11H2,1H3,(H,24,27)(H,21,22,23). The van der Waals surface area contributed by atoms with Crippen LogP contribution in [0.1, 0.15) is 6.42 Å². The van der Waals surface area contributed by atoms with E-state index in [0.717, 1.165) is 21.5 Å². The monoisotopic (exact) mass is 393 g/mol. The fourth-order valence-corrected chi connectivity index (χ4v) is 3.69. The largest absolute Gasteiger partial charge is 0.311 e. The Morgan fingerprint density at radius 1 is 1.18 bits per heavy atom. The second-order valence-electron chi connectivity index (χ2n) is 6.46. The minimum Gasteiger partial charge on any atom is -0.311 e. The molecule has 2 aromatic carbocycles. The highest BCUT2D eigenvalue weighted by atomic mass is 32.2. The Morgan fingerprint density at radius 3 is 2.86 bits per heavy atom. The van der Waals surface area contributed by atoms with E-state index in [1.807, 2.05) is 48.7 Å². The molecule has 7 nitrogen and oxygen atoms in total. The summed E-state index contributed by atoms with van der Waals surface area (Å²) >= 11 is 1.49. The molecule has 142 valence electrons. The van der Waals surface area contributed by atoms with Crippen LogP contribution in [0.25, 0.3) is 10.8 Å². The fraction of sp³-hybridized carbons (Fsp3) is 0.200. The molecule has 1 aliphatic heterocycles. The molecule has 1 aliphatic rings. The molecule has 0 saturated carbocycles. The van der Waals surface area contributed by atoms with E-state index in [1.165, 1.54) is 18.1 Å². The summed E-state index contributed by atoms with van der Waals surface area (Å²) in [6.45, 7) is 0.347. The third-order valence-electron chi connectivity index (χ3n) is 4.72. The summed E-state index contributed by atoms with van der Waals surface area (Å²) in [4.78, 5) is 35.0. The van der Waals surface area contributed by atoms with Crippen LogP contribution in [0.15, 0.2) is 59.9 Å². The van der Waals surface area contributed by atoms with Crippen molar-refractivity contribution in [2.75, 3.05) is 23.1 Å². The normalized spacial score (nSPS) is 16.4. The Morgan fingerprint density at radius 2 is 2.00 bits per heavy atom. The second-order valence-corrected chi connectivity index (χ2v) is 7.29. The zero-order valence-corrected chi connectivity index (χ0v) is 16.1. The van der Waals surface area contributed by atoms with Gasteiger partial charge in [-0.2, -0.15) is 0 Å². The highest BCUT2D eigenvalue weighted by molar-refractivity contribution is 7.98. The van der Waals surface area contributed by atoms with Crippen molar-refractivity contribution in [2.24, 2.45) is 5.92 Å². The maximum absolute atomic E-state index is 12.6. The van der Waals surface area contributed by atoms with Crippen LogP contribution in [-0.4, -0.2) is 34.6 Å². The van der Waals surface area contributed by atoms with Crippen LogP contribution in [0.2, 0.25) is 0 Å². The van der Waals surface area contributed by atoms with E-state index in [9.17, 15) is 9.59 Å². The molecule has 2 amide bonds. The number of nitrogens with one attached hydrogen (secondary N) is 2. The second kappa shape index (κ2) is 7.85. The van der Waals surface area contributed by atoms with Crippen LogP contribution >= 0.6 is 11.8 Å². The van der Waals surface area contributed by atoms with Gasteiger partial charge in [0, 0.05) is 24.4 Å². The molecule has 1 aromatic heterocycles. The third kappa shape index (κ3) is 3.63. The first kappa shape index (κ1) is 18.2. The molecule has 0 radical (unpaired) electrons. The zero-order valence-electron chi connectivity index (χ0n) is 15.3. The number of hydrogen-bond donors (Lipinski definition) is 2. The quantitative estimate of drug-likeness (QED) is 0.394. The van der Waals surface area contributed by atoms with Gasteiger partial charge in [-0.05, 0) is 17.7 Å². The molecule has 3 aromatic rings. The predicted octanol–water partition coefficient (Wildman–Crippen LogP) is 2.85. The van der Waals surface area contributed by atoms with Crippen molar-refractivity contribution in [2.45, 2.75) is 11.4 Å². The topological polar surface area (TPSA) is 87.2 Å². The van der Waals surface area contributed by atoms with E-state index in [1.54, 1.807) is 11.0 Å². The van der Waals surface area contributed by atoms with Crippen molar-refractivity contribution in [3.63, 3.8) is 0 Å². The van der Waals surface area contributed by atoms with Crippen molar-refractivity contribution in [1.29, 1.82) is 0 Å². The maximum Gasteiger partial charge on any atom is 0.243 e. The number of rotatable bonds is 5. The van der Waals surface area contributed by atoms with Gasteiger partial charge < -0.3 is 4.90 Å². The molecule has 0 spiro atoms. The minimum atomic E-state index is -0.430. The summed E-state index contributed by atoms with van der Waals surface area (Å²) in [7, 11) is 0. The molecule has 2 heterocycles. The number of hydrogen-bond acceptors (Lipinski definition) is 6. The molecule has 2 N–H and O–H groups in total. The van der Waals surface area contributed by atoms with Crippen molar-refractivity contribution >= 4 is 45.9 Å². The molecule has 1 unspecified atom stereocenters. The number of aromatic nitrogens is 2. The molecular weight excluding hydrogens is 374 g/mol. The number of anilines is 2. The first-order valence-electron chi connectivity index (χ1n) is 8.86. The van der Waals surface area contributed by atoms with Crippen LogP contribution in [0.5, 0.6) is 0 Å². The molecule has 4 rings (SSSR count). The Bertz CT molecular complexity index is 1040. The summed E-state index contributed by atoms with van der Waals surface area (Å²) < 4.78 is 0. The number of thioether (sulfide) groups is 1. The number of benzene rings is 2. The lowest BCUT2D eigenvalue weighted by molar-refractivity contribution is -0.125. The van der Waals surface area contributed by atoms with E-state index in [2.05, 4.69) is 20.8 Å². The number of hydrazine groups is 1. The third-order valence-corrected chi connectivity index (χ3v) is 5.36. The van der Waals surface area contributed by atoms with Crippen LogP contribution in [0.3, 0.4) is 0 Å². The van der Waals surface area contributed by atoms with Crippen molar-refractivity contribution in [3.05, 3.63) is 54.9 Å². The number of amides is 2. The average Bonchev–Trinajstić information content (AvgIpc) is 3.13. The summed E-state index contributed by atoms with van der Waals surface area (Å²) in [5, 5.41) is 2.86. The molecular formula is C20H19N5O2S. The van der Waals surface area contributed by atoms with Crippen molar-refractivity contribution in [3.8, 4) is 0 Å². The van der Waals surface area contributed by atoms with Gasteiger partial charge in [0.25, 0.3) is 0 Å². The smallest absolute Gasteiger partial charge is 0.243 e. The van der Waals surface area contributed by atoms with Gasteiger partial charge >= 0.3 is 0 Å². The minimum absolute atomic E-state index is 0.0526. The van der Waals surface area contributed by atoms with Crippen LogP contribution in [0.4, 0.5) is 11.5 Å². The van der Waals surface area contributed by atoms with Crippen LogP contribution in [0, 0.1) is 5.92 Å². The molecule has 1 saturated heterocycles. The Hall–Kier alpha value is -3.13. The van der Waals surface area contributed by atoms with E-state index in [0.29, 0.717) is 12.4 Å². The van der Waals surface area contributed by atoms with E-state index >= 15 is 0 Å². The first-order chi connectivity index (χ1) is 13.7. The highest BCUT2D eigenvalue weighted by Crippen LogP contribution is 2.31. The summed E-state index contributed by atoms with van der Waals surface area (Å²) in [5.74, 6) is -0.215. The SMILES string of the molecule is CSc1cc(NNC(=O)C2CC(=O)N(c3cccc4ccccc34)C2)ncn1. The molecule has 1 fully saturated rings. The van der Waals surface area contributed by atoms with Gasteiger partial charge in [-0.3, -0.25) is 20.4 Å². The molecule has 28 heavy (non-hydrogen) atoms. The predicted molar refractivity (Wildman–Crippen MR) is 110 cm³/mol. The van der Waals surface area contributed by atoms with Gasteiger partial charge in [0.1, 0.15) is 17.2 Å². The number of carbonyl (C=O) groups is 2. The van der Waals surface area contributed by atoms with E-state index in [-0.39, 0.29) is 18.2 Å². The Labute approximate surface area is 166 Å². The van der Waals surface area contributed by atoms with Gasteiger partial charge in [0.2, 0.25) is 11.8 Å². The highest BCUT2D eigenvalue weighted by Gasteiger charge is 2.35. The lowest BCUT2D eigenvalue weighted by Gasteiger charge is -2.19. The Balaban J connectivity index is 1.46. The number of fused-ring (bicyclic) bond motifs is 1. The molecule has 1 atom stereocenters. The summed E-state index contributed by atoms with van der Waals surface area (Å²) in [6.07, 6.45) is 3.52. The summed E-state index contributed by atoms with van der Waals surface area (Å²) in [6, 6.07) is 15.5. The van der Waals surface area contributed by atoms with Crippen LogP contribution in [-0.2, 0) is 9.59 Å². The van der Waals surface area contributed by atoms with Gasteiger partial charge in [0.15, 0.2) is 0 Å². The van der Waals surface area contributed by atoms with Gasteiger partial charge in [0.05, 0.1) is 11.6 Å².